The Labute approximate surface area is 128 Å². The number of nitrogens with zero attached hydrogens (tertiary/aromatic N) is 1. The third-order valence-electron chi connectivity index (χ3n) is 4.59. The molecule has 1 aliphatic carbocycles. The molecular weight excluding hydrogens is 260 g/mol. The van der Waals surface area contributed by atoms with Crippen molar-refractivity contribution in [2.75, 3.05) is 19.4 Å². The molecule has 1 amide bonds. The first-order valence-electron chi connectivity index (χ1n) is 8.01. The first-order valence-corrected chi connectivity index (χ1v) is 8.01. The summed E-state index contributed by atoms with van der Waals surface area (Å²) in [5, 5.41) is 3.66. The van der Waals surface area contributed by atoms with Crippen LogP contribution in [0.3, 0.4) is 0 Å². The number of carbonyl (C=O) groups is 1. The zero-order valence-corrected chi connectivity index (χ0v) is 13.7. The van der Waals surface area contributed by atoms with Crippen molar-refractivity contribution < 1.29 is 4.79 Å². The van der Waals surface area contributed by atoms with Crippen LogP contribution in [0.2, 0.25) is 0 Å². The monoisotopic (exact) mass is 288 g/mol. The molecule has 3 unspecified atom stereocenters. The minimum atomic E-state index is 0.144. The predicted molar refractivity (Wildman–Crippen MR) is 88.4 cm³/mol. The molecule has 1 saturated carbocycles. The molecule has 2 rings (SSSR count). The maximum Gasteiger partial charge on any atom is 0.226 e. The highest BCUT2D eigenvalue weighted by Gasteiger charge is 2.24. The van der Waals surface area contributed by atoms with Gasteiger partial charge in [-0.25, -0.2) is 0 Å². The van der Waals surface area contributed by atoms with Crippen LogP contribution in [-0.2, 0) is 11.2 Å². The van der Waals surface area contributed by atoms with Gasteiger partial charge in [0.1, 0.15) is 0 Å². The summed E-state index contributed by atoms with van der Waals surface area (Å²) in [6.45, 7) is 4.70. The van der Waals surface area contributed by atoms with Crippen molar-refractivity contribution in [3.63, 3.8) is 0 Å². The van der Waals surface area contributed by atoms with E-state index in [1.54, 1.807) is 19.0 Å². The number of hydrogen-bond acceptors (Lipinski definition) is 2. The van der Waals surface area contributed by atoms with Gasteiger partial charge in [-0.15, -0.1) is 0 Å². The van der Waals surface area contributed by atoms with Gasteiger partial charge in [0, 0.05) is 25.8 Å². The summed E-state index contributed by atoms with van der Waals surface area (Å²) in [5.41, 5.74) is 2.24. The molecule has 1 N–H and O–H groups in total. The van der Waals surface area contributed by atoms with E-state index in [1.807, 2.05) is 0 Å². The number of nitrogens with one attached hydrogen (secondary N) is 1. The number of rotatable bonds is 4. The van der Waals surface area contributed by atoms with Gasteiger partial charge >= 0.3 is 0 Å². The summed E-state index contributed by atoms with van der Waals surface area (Å²) in [6, 6.07) is 8.89. The van der Waals surface area contributed by atoms with Gasteiger partial charge < -0.3 is 10.2 Å². The smallest absolute Gasteiger partial charge is 0.226 e. The molecule has 0 spiro atoms. The van der Waals surface area contributed by atoms with E-state index in [0.717, 1.165) is 17.4 Å². The standard InChI is InChI=1S/C18H28N2O/c1-13-5-10-17(14(2)11-13)19-16-8-6-15(7-9-16)12-18(21)20(3)4/h6-9,13-14,17,19H,5,10-12H2,1-4H3. The highest BCUT2D eigenvalue weighted by atomic mass is 16.2. The van der Waals surface area contributed by atoms with Gasteiger partial charge in [-0.2, -0.15) is 0 Å². The second-order valence-corrected chi connectivity index (χ2v) is 6.81. The van der Waals surface area contributed by atoms with Gasteiger partial charge in [0.25, 0.3) is 0 Å². The molecule has 1 fully saturated rings. The minimum Gasteiger partial charge on any atom is -0.382 e. The van der Waals surface area contributed by atoms with E-state index in [9.17, 15) is 4.79 Å². The number of benzene rings is 1. The zero-order chi connectivity index (χ0) is 15.4. The molecule has 0 aromatic heterocycles. The molecule has 3 nitrogen and oxygen atoms in total. The van der Waals surface area contributed by atoms with Crippen LogP contribution in [0.25, 0.3) is 0 Å². The van der Waals surface area contributed by atoms with Crippen LogP contribution in [0.1, 0.15) is 38.7 Å². The van der Waals surface area contributed by atoms with Crippen molar-refractivity contribution in [2.24, 2.45) is 11.8 Å². The van der Waals surface area contributed by atoms with Gasteiger partial charge in [-0.05, 0) is 48.8 Å². The molecule has 0 aliphatic heterocycles. The van der Waals surface area contributed by atoms with E-state index in [0.29, 0.717) is 12.5 Å². The highest BCUT2D eigenvalue weighted by molar-refractivity contribution is 5.78. The van der Waals surface area contributed by atoms with Gasteiger partial charge in [-0.3, -0.25) is 4.79 Å². The Balaban J connectivity index is 1.92. The predicted octanol–water partition coefficient (Wildman–Crippen LogP) is 3.55. The molecule has 3 atom stereocenters. The summed E-state index contributed by atoms with van der Waals surface area (Å²) in [4.78, 5) is 13.3. The molecule has 1 aliphatic rings. The number of likely N-dealkylation sites (N-methyl/N-ethyl adjacent to an activating group) is 1. The van der Waals surface area contributed by atoms with Crippen LogP contribution in [0, 0.1) is 11.8 Å². The summed E-state index contributed by atoms with van der Waals surface area (Å²) in [5.74, 6) is 1.73. The topological polar surface area (TPSA) is 32.3 Å². The molecule has 0 saturated heterocycles. The molecule has 0 heterocycles. The van der Waals surface area contributed by atoms with Gasteiger partial charge in [-0.1, -0.05) is 26.0 Å². The van der Waals surface area contributed by atoms with Crippen LogP contribution in [0.15, 0.2) is 24.3 Å². The summed E-state index contributed by atoms with van der Waals surface area (Å²) < 4.78 is 0. The van der Waals surface area contributed by atoms with E-state index in [-0.39, 0.29) is 5.91 Å². The van der Waals surface area contributed by atoms with Crippen molar-refractivity contribution in [1.29, 1.82) is 0 Å². The van der Waals surface area contributed by atoms with Crippen molar-refractivity contribution in [3.8, 4) is 0 Å². The Morgan fingerprint density at radius 1 is 1.19 bits per heavy atom. The lowest BCUT2D eigenvalue weighted by Crippen LogP contribution is -2.32. The third-order valence-corrected chi connectivity index (χ3v) is 4.59. The van der Waals surface area contributed by atoms with Crippen LogP contribution in [0.4, 0.5) is 5.69 Å². The first-order chi connectivity index (χ1) is 9.95. The molecule has 21 heavy (non-hydrogen) atoms. The SMILES string of the molecule is CC1CCC(Nc2ccc(CC(=O)N(C)C)cc2)C(C)C1. The third kappa shape index (κ3) is 4.48. The number of amides is 1. The Kier molecular flexibility index (Phi) is 5.27. The van der Waals surface area contributed by atoms with Crippen LogP contribution in [0.5, 0.6) is 0 Å². The normalized spacial score (nSPS) is 25.4. The molecule has 0 radical (unpaired) electrons. The zero-order valence-electron chi connectivity index (χ0n) is 13.7. The van der Waals surface area contributed by atoms with E-state index >= 15 is 0 Å². The number of carbonyl (C=O) groups excluding carboxylic acids is 1. The molecule has 1 aromatic carbocycles. The Morgan fingerprint density at radius 3 is 2.43 bits per heavy atom. The average molecular weight is 288 g/mol. The van der Waals surface area contributed by atoms with Crippen LogP contribution >= 0.6 is 0 Å². The summed E-state index contributed by atoms with van der Waals surface area (Å²) in [6.07, 6.45) is 4.36. The van der Waals surface area contributed by atoms with Gasteiger partial charge in [0.05, 0.1) is 6.42 Å². The Hall–Kier alpha value is -1.51. The Bertz CT molecular complexity index is 467. The number of hydrogen-bond donors (Lipinski definition) is 1. The lowest BCUT2D eigenvalue weighted by atomic mass is 9.80. The van der Waals surface area contributed by atoms with E-state index < -0.39 is 0 Å². The molecule has 3 heteroatoms. The second kappa shape index (κ2) is 6.97. The Morgan fingerprint density at radius 2 is 1.86 bits per heavy atom. The lowest BCUT2D eigenvalue weighted by Gasteiger charge is -2.33. The van der Waals surface area contributed by atoms with Crippen molar-refractivity contribution >= 4 is 11.6 Å². The quantitative estimate of drug-likeness (QED) is 0.919. The maximum absolute atomic E-state index is 11.7. The van der Waals surface area contributed by atoms with Crippen LogP contribution in [-0.4, -0.2) is 30.9 Å². The maximum atomic E-state index is 11.7. The van der Waals surface area contributed by atoms with Crippen molar-refractivity contribution in [2.45, 2.75) is 45.6 Å². The molecule has 116 valence electrons. The van der Waals surface area contributed by atoms with E-state index in [1.165, 1.54) is 24.9 Å². The van der Waals surface area contributed by atoms with Crippen LogP contribution < -0.4 is 5.32 Å². The first kappa shape index (κ1) is 15.9. The van der Waals surface area contributed by atoms with Crippen molar-refractivity contribution in [3.05, 3.63) is 29.8 Å². The fourth-order valence-electron chi connectivity index (χ4n) is 3.15. The second-order valence-electron chi connectivity index (χ2n) is 6.81. The lowest BCUT2D eigenvalue weighted by molar-refractivity contribution is -0.127. The highest BCUT2D eigenvalue weighted by Crippen LogP contribution is 2.30. The number of anilines is 1. The summed E-state index contributed by atoms with van der Waals surface area (Å²) >= 11 is 0. The molecule has 1 aromatic rings. The molecule has 0 bridgehead atoms. The minimum absolute atomic E-state index is 0.144. The summed E-state index contributed by atoms with van der Waals surface area (Å²) in [7, 11) is 3.59. The fourth-order valence-corrected chi connectivity index (χ4v) is 3.15. The van der Waals surface area contributed by atoms with E-state index in [2.05, 4.69) is 43.4 Å². The fraction of sp³-hybridized carbons (Fsp3) is 0.611. The van der Waals surface area contributed by atoms with Crippen molar-refractivity contribution in [1.82, 2.24) is 4.90 Å². The van der Waals surface area contributed by atoms with E-state index in [4.69, 9.17) is 0 Å². The average Bonchev–Trinajstić information content (AvgIpc) is 2.43. The molecular formula is C18H28N2O. The van der Waals surface area contributed by atoms with Gasteiger partial charge in [0.15, 0.2) is 0 Å². The van der Waals surface area contributed by atoms with Gasteiger partial charge in [0.2, 0.25) is 5.91 Å². The largest absolute Gasteiger partial charge is 0.382 e.